The van der Waals surface area contributed by atoms with Gasteiger partial charge < -0.3 is 9.42 Å². The molecule has 2 aromatic rings. The molecule has 0 spiro atoms. The molecule has 0 aromatic carbocycles. The third-order valence-corrected chi connectivity index (χ3v) is 4.93. The molecule has 1 aliphatic heterocycles. The molecule has 140 valence electrons. The first-order chi connectivity index (χ1) is 12.6. The van der Waals surface area contributed by atoms with Gasteiger partial charge in [0.15, 0.2) is 11.6 Å². The summed E-state index contributed by atoms with van der Waals surface area (Å²) < 4.78 is 7.16. The summed E-state index contributed by atoms with van der Waals surface area (Å²) in [5, 5.41) is 11.3. The summed E-state index contributed by atoms with van der Waals surface area (Å²) in [6.45, 7) is 8.25. The Hall–Kier alpha value is -2.42. The normalized spacial score (nSPS) is 18.3. The maximum atomic E-state index is 12.5. The molecule has 1 saturated heterocycles. The van der Waals surface area contributed by atoms with Crippen molar-refractivity contribution in [2.24, 2.45) is 0 Å². The Balaban J connectivity index is 1.29. The second-order valence-electron chi connectivity index (χ2n) is 6.97. The lowest BCUT2D eigenvalue weighted by molar-refractivity contribution is 0.133. The van der Waals surface area contributed by atoms with Gasteiger partial charge in [0.2, 0.25) is 5.89 Å². The fourth-order valence-corrected chi connectivity index (χ4v) is 3.35. The second-order valence-corrected chi connectivity index (χ2v) is 6.97. The van der Waals surface area contributed by atoms with Crippen LogP contribution in [0.2, 0.25) is 0 Å². The molecule has 4 rings (SSSR count). The van der Waals surface area contributed by atoms with Crippen LogP contribution >= 0.6 is 0 Å². The number of nitrogens with one attached hydrogen (secondary N) is 1. The Morgan fingerprint density at radius 1 is 1.31 bits per heavy atom. The molecular weight excluding hydrogens is 334 g/mol. The van der Waals surface area contributed by atoms with Crippen molar-refractivity contribution in [3.8, 4) is 0 Å². The minimum absolute atomic E-state index is 0.0821. The van der Waals surface area contributed by atoms with Gasteiger partial charge in [0.1, 0.15) is 0 Å². The number of hydrogen-bond acceptors (Lipinski definition) is 6. The van der Waals surface area contributed by atoms with Gasteiger partial charge in [-0.15, -0.1) is 0 Å². The van der Waals surface area contributed by atoms with Gasteiger partial charge in [-0.2, -0.15) is 10.1 Å². The molecule has 1 N–H and O–H groups in total. The quantitative estimate of drug-likeness (QED) is 0.875. The molecule has 0 radical (unpaired) electrons. The Kier molecular flexibility index (Phi) is 4.62. The molecule has 0 unspecified atom stereocenters. The molecule has 2 fully saturated rings. The number of piperazine rings is 1. The number of aryl methyl sites for hydroxylation is 2. The number of rotatable bonds is 5. The van der Waals surface area contributed by atoms with E-state index in [1.165, 1.54) is 18.5 Å². The van der Waals surface area contributed by atoms with Crippen molar-refractivity contribution in [3.05, 3.63) is 23.5 Å². The third-order valence-electron chi connectivity index (χ3n) is 4.93. The lowest BCUT2D eigenvalue weighted by atomic mass is 10.3. The standard InChI is InChI=1S/C17H25N7O2/c1-3-24-14(13-4-5-13)10-15(20-24)19-17(25)23-8-6-22(7-9-23)11-16-18-12(2)21-26-16/h10,13H,3-9,11H2,1-2H3,(H,19,20,25). The van der Waals surface area contributed by atoms with Crippen LogP contribution in [0.4, 0.5) is 10.6 Å². The van der Waals surface area contributed by atoms with Gasteiger partial charge in [-0.3, -0.25) is 14.9 Å². The largest absolute Gasteiger partial charge is 0.338 e. The van der Waals surface area contributed by atoms with Crippen molar-refractivity contribution < 1.29 is 9.32 Å². The Bertz CT molecular complexity index is 772. The first-order valence-electron chi connectivity index (χ1n) is 9.27. The highest BCUT2D eigenvalue weighted by molar-refractivity contribution is 5.88. The van der Waals surface area contributed by atoms with Crippen LogP contribution in [0.15, 0.2) is 10.6 Å². The molecule has 2 aromatic heterocycles. The summed E-state index contributed by atoms with van der Waals surface area (Å²) in [6, 6.07) is 1.94. The van der Waals surface area contributed by atoms with Crippen LogP contribution in [-0.2, 0) is 13.1 Å². The lowest BCUT2D eigenvalue weighted by Gasteiger charge is -2.33. The Labute approximate surface area is 152 Å². The Morgan fingerprint density at radius 2 is 2.08 bits per heavy atom. The highest BCUT2D eigenvalue weighted by Gasteiger charge is 2.29. The van der Waals surface area contributed by atoms with Crippen molar-refractivity contribution in [2.75, 3.05) is 31.5 Å². The average molecular weight is 359 g/mol. The summed E-state index contributed by atoms with van der Waals surface area (Å²) in [5.74, 6) is 2.54. The smallest absolute Gasteiger partial charge is 0.323 e. The van der Waals surface area contributed by atoms with E-state index >= 15 is 0 Å². The predicted molar refractivity (Wildman–Crippen MR) is 94.8 cm³/mol. The number of nitrogens with zero attached hydrogens (tertiary/aromatic N) is 6. The van der Waals surface area contributed by atoms with Crippen molar-refractivity contribution in [1.82, 2.24) is 29.7 Å². The molecular formula is C17H25N7O2. The van der Waals surface area contributed by atoms with Gasteiger partial charge in [0.25, 0.3) is 0 Å². The molecule has 9 heteroatoms. The molecule has 2 amide bonds. The molecule has 1 aliphatic carbocycles. The summed E-state index contributed by atoms with van der Waals surface area (Å²) in [4.78, 5) is 20.8. The van der Waals surface area contributed by atoms with Gasteiger partial charge in [0.05, 0.1) is 6.54 Å². The summed E-state index contributed by atoms with van der Waals surface area (Å²) in [7, 11) is 0. The van der Waals surface area contributed by atoms with Crippen LogP contribution in [0, 0.1) is 6.92 Å². The van der Waals surface area contributed by atoms with Crippen LogP contribution in [0.25, 0.3) is 0 Å². The lowest BCUT2D eigenvalue weighted by Crippen LogP contribution is -2.49. The van der Waals surface area contributed by atoms with E-state index in [0.29, 0.717) is 43.1 Å². The van der Waals surface area contributed by atoms with Crippen LogP contribution < -0.4 is 5.32 Å². The molecule has 0 bridgehead atoms. The van der Waals surface area contributed by atoms with Gasteiger partial charge in [-0.1, -0.05) is 5.16 Å². The monoisotopic (exact) mass is 359 g/mol. The molecule has 2 aliphatic rings. The fourth-order valence-electron chi connectivity index (χ4n) is 3.35. The van der Waals surface area contributed by atoms with Crippen molar-refractivity contribution in [3.63, 3.8) is 0 Å². The highest BCUT2D eigenvalue weighted by Crippen LogP contribution is 2.40. The average Bonchev–Trinajstić information content (AvgIpc) is 3.29. The van der Waals surface area contributed by atoms with Crippen LogP contribution in [0.3, 0.4) is 0 Å². The van der Waals surface area contributed by atoms with Crippen molar-refractivity contribution in [2.45, 2.75) is 45.7 Å². The van der Waals surface area contributed by atoms with Gasteiger partial charge in [-0.05, 0) is 26.7 Å². The van der Waals surface area contributed by atoms with Gasteiger partial charge >= 0.3 is 6.03 Å². The second kappa shape index (κ2) is 7.06. The summed E-state index contributed by atoms with van der Waals surface area (Å²) in [6.07, 6.45) is 2.45. The minimum Gasteiger partial charge on any atom is -0.338 e. The van der Waals surface area contributed by atoms with E-state index in [4.69, 9.17) is 4.52 Å². The predicted octanol–water partition coefficient (Wildman–Crippen LogP) is 1.82. The number of hydrogen-bond donors (Lipinski definition) is 1. The number of urea groups is 1. The van der Waals surface area contributed by atoms with Crippen LogP contribution in [0.1, 0.15) is 43.1 Å². The zero-order chi connectivity index (χ0) is 18.1. The maximum Gasteiger partial charge on any atom is 0.323 e. The SMILES string of the molecule is CCn1nc(NC(=O)N2CCN(Cc3nc(C)no3)CC2)cc1C1CC1. The topological polar surface area (TPSA) is 92.3 Å². The third kappa shape index (κ3) is 3.72. The zero-order valence-electron chi connectivity index (χ0n) is 15.3. The molecule has 3 heterocycles. The van der Waals surface area contributed by atoms with Crippen LogP contribution in [-0.4, -0.2) is 61.9 Å². The number of carbonyl (C=O) groups is 1. The van der Waals surface area contributed by atoms with Gasteiger partial charge in [-0.25, -0.2) is 4.79 Å². The van der Waals surface area contributed by atoms with E-state index in [-0.39, 0.29) is 6.03 Å². The van der Waals surface area contributed by atoms with E-state index in [1.807, 2.05) is 22.6 Å². The Morgan fingerprint density at radius 3 is 2.69 bits per heavy atom. The molecule has 1 saturated carbocycles. The fraction of sp³-hybridized carbons (Fsp3) is 0.647. The maximum absolute atomic E-state index is 12.5. The number of amides is 2. The first kappa shape index (κ1) is 17.0. The number of anilines is 1. The van der Waals surface area contributed by atoms with E-state index < -0.39 is 0 Å². The van der Waals surface area contributed by atoms with E-state index in [0.717, 1.165) is 19.6 Å². The van der Waals surface area contributed by atoms with Crippen LogP contribution in [0.5, 0.6) is 0 Å². The van der Waals surface area contributed by atoms with Gasteiger partial charge in [0, 0.05) is 50.4 Å². The number of aromatic nitrogens is 4. The van der Waals surface area contributed by atoms with E-state index in [1.54, 1.807) is 0 Å². The van der Waals surface area contributed by atoms with Crippen molar-refractivity contribution >= 4 is 11.8 Å². The minimum atomic E-state index is -0.0821. The van der Waals surface area contributed by atoms with E-state index in [9.17, 15) is 4.79 Å². The summed E-state index contributed by atoms with van der Waals surface area (Å²) in [5.41, 5.74) is 1.24. The van der Waals surface area contributed by atoms with Crippen molar-refractivity contribution in [1.29, 1.82) is 0 Å². The highest BCUT2D eigenvalue weighted by atomic mass is 16.5. The summed E-state index contributed by atoms with van der Waals surface area (Å²) >= 11 is 0. The molecule has 9 nitrogen and oxygen atoms in total. The first-order valence-corrected chi connectivity index (χ1v) is 9.27. The number of carbonyl (C=O) groups excluding carboxylic acids is 1. The molecule has 0 atom stereocenters. The zero-order valence-corrected chi connectivity index (χ0v) is 15.3. The molecule has 26 heavy (non-hydrogen) atoms. The van der Waals surface area contributed by atoms with E-state index in [2.05, 4.69) is 32.4 Å².